The van der Waals surface area contributed by atoms with Gasteiger partial charge in [0.2, 0.25) is 0 Å². The van der Waals surface area contributed by atoms with Gasteiger partial charge in [0, 0.05) is 12.6 Å². The predicted octanol–water partition coefficient (Wildman–Crippen LogP) is 2.59. The Bertz CT molecular complexity index is 438. The molecule has 0 spiro atoms. The van der Waals surface area contributed by atoms with Gasteiger partial charge in [0.1, 0.15) is 0 Å². The Labute approximate surface area is 121 Å². The molecule has 1 fully saturated rings. The molecule has 1 aromatic carbocycles. The average Bonchev–Trinajstić information content (AvgIpc) is 2.42. The summed E-state index contributed by atoms with van der Waals surface area (Å²) in [6.45, 7) is 1.05. The number of carboxylic acid groups (broad SMARTS) is 1. The van der Waals surface area contributed by atoms with Crippen LogP contribution in [0.3, 0.4) is 0 Å². The van der Waals surface area contributed by atoms with E-state index < -0.39 is 12.1 Å². The van der Waals surface area contributed by atoms with E-state index in [1.165, 1.54) is 24.8 Å². The smallest absolute Gasteiger partial charge is 0.475 e. The van der Waals surface area contributed by atoms with Crippen molar-refractivity contribution in [3.05, 3.63) is 35.9 Å². The first-order valence-electron chi connectivity index (χ1n) is 6.66. The van der Waals surface area contributed by atoms with E-state index >= 15 is 0 Å². The van der Waals surface area contributed by atoms with Crippen LogP contribution in [0.5, 0.6) is 0 Å². The SMILES string of the molecule is NN1CCCCC1Cc1ccccc1.O=C(O)C(F)(F)F. The Morgan fingerprint density at radius 2 is 1.86 bits per heavy atom. The molecular formula is C14H19F3N2O2. The lowest BCUT2D eigenvalue weighted by molar-refractivity contribution is -0.192. The molecule has 0 amide bonds. The van der Waals surface area contributed by atoms with Gasteiger partial charge in [-0.15, -0.1) is 0 Å². The standard InChI is InChI=1S/C12H18N2.C2HF3O2/c13-14-9-5-4-8-12(14)10-11-6-2-1-3-7-11;3-2(4,5)1(6)7/h1-3,6-7,12H,4-5,8-10,13H2;(H,6,7). The average molecular weight is 304 g/mol. The molecule has 0 bridgehead atoms. The molecule has 118 valence electrons. The van der Waals surface area contributed by atoms with Crippen LogP contribution in [0.2, 0.25) is 0 Å². The Morgan fingerprint density at radius 3 is 2.33 bits per heavy atom. The fraction of sp³-hybridized carbons (Fsp3) is 0.500. The first-order chi connectivity index (χ1) is 9.80. The first kappa shape index (κ1) is 17.5. The monoisotopic (exact) mass is 304 g/mol. The van der Waals surface area contributed by atoms with Crippen molar-refractivity contribution in [1.82, 2.24) is 5.01 Å². The summed E-state index contributed by atoms with van der Waals surface area (Å²) in [4.78, 5) is 8.90. The first-order valence-corrected chi connectivity index (χ1v) is 6.66. The molecule has 0 radical (unpaired) electrons. The second-order valence-corrected chi connectivity index (χ2v) is 4.88. The molecular weight excluding hydrogens is 285 g/mol. The minimum Gasteiger partial charge on any atom is -0.475 e. The molecule has 1 heterocycles. The third-order valence-corrected chi connectivity index (χ3v) is 3.23. The van der Waals surface area contributed by atoms with E-state index in [-0.39, 0.29) is 0 Å². The summed E-state index contributed by atoms with van der Waals surface area (Å²) >= 11 is 0. The van der Waals surface area contributed by atoms with Crippen molar-refractivity contribution in [2.24, 2.45) is 5.84 Å². The Balaban J connectivity index is 0.000000270. The van der Waals surface area contributed by atoms with Gasteiger partial charge in [0.15, 0.2) is 0 Å². The minimum atomic E-state index is -5.08. The van der Waals surface area contributed by atoms with Gasteiger partial charge in [-0.2, -0.15) is 13.2 Å². The van der Waals surface area contributed by atoms with Crippen LogP contribution in [0.15, 0.2) is 30.3 Å². The summed E-state index contributed by atoms with van der Waals surface area (Å²) in [6, 6.07) is 11.2. The molecule has 3 N–H and O–H groups in total. The van der Waals surface area contributed by atoms with E-state index in [0.29, 0.717) is 6.04 Å². The van der Waals surface area contributed by atoms with Crippen LogP contribution < -0.4 is 5.84 Å². The maximum absolute atomic E-state index is 10.6. The lowest BCUT2D eigenvalue weighted by Crippen LogP contribution is -2.45. The van der Waals surface area contributed by atoms with E-state index in [2.05, 4.69) is 30.3 Å². The number of rotatable bonds is 2. The van der Waals surface area contributed by atoms with Gasteiger partial charge in [-0.05, 0) is 24.8 Å². The van der Waals surface area contributed by atoms with Gasteiger partial charge in [0.05, 0.1) is 0 Å². The fourth-order valence-electron chi connectivity index (χ4n) is 2.13. The lowest BCUT2D eigenvalue weighted by Gasteiger charge is -2.31. The molecule has 4 nitrogen and oxygen atoms in total. The highest BCUT2D eigenvalue weighted by Gasteiger charge is 2.38. The Morgan fingerprint density at radius 1 is 1.29 bits per heavy atom. The maximum atomic E-state index is 10.6. The molecule has 1 aliphatic rings. The third-order valence-electron chi connectivity index (χ3n) is 3.23. The van der Waals surface area contributed by atoms with Crippen molar-refractivity contribution >= 4 is 5.97 Å². The summed E-state index contributed by atoms with van der Waals surface area (Å²) < 4.78 is 31.7. The van der Waals surface area contributed by atoms with Crippen LogP contribution in [-0.4, -0.2) is 34.8 Å². The fourth-order valence-corrected chi connectivity index (χ4v) is 2.13. The number of carboxylic acids is 1. The number of nitrogens with zero attached hydrogens (tertiary/aromatic N) is 1. The molecule has 1 saturated heterocycles. The molecule has 0 saturated carbocycles. The topological polar surface area (TPSA) is 66.6 Å². The van der Waals surface area contributed by atoms with Crippen LogP contribution in [0, 0.1) is 0 Å². The summed E-state index contributed by atoms with van der Waals surface area (Å²) in [5, 5.41) is 9.14. The largest absolute Gasteiger partial charge is 0.490 e. The summed E-state index contributed by atoms with van der Waals surface area (Å²) in [5.74, 6) is 3.20. The number of hydrogen-bond donors (Lipinski definition) is 2. The number of nitrogens with two attached hydrogens (primary N) is 1. The van der Waals surface area contributed by atoms with Crippen molar-refractivity contribution in [3.8, 4) is 0 Å². The van der Waals surface area contributed by atoms with Crippen LogP contribution in [0.4, 0.5) is 13.2 Å². The van der Waals surface area contributed by atoms with Crippen LogP contribution in [0.1, 0.15) is 24.8 Å². The van der Waals surface area contributed by atoms with Gasteiger partial charge in [-0.25, -0.2) is 9.80 Å². The molecule has 1 aliphatic heterocycles. The summed E-state index contributed by atoms with van der Waals surface area (Å²) in [5.41, 5.74) is 1.40. The molecule has 1 atom stereocenters. The molecule has 0 aliphatic carbocycles. The number of alkyl halides is 3. The highest BCUT2D eigenvalue weighted by molar-refractivity contribution is 5.73. The van der Waals surface area contributed by atoms with Gasteiger partial charge in [0.25, 0.3) is 0 Å². The zero-order valence-corrected chi connectivity index (χ0v) is 11.5. The van der Waals surface area contributed by atoms with E-state index in [0.717, 1.165) is 13.0 Å². The maximum Gasteiger partial charge on any atom is 0.490 e. The molecule has 1 aromatic rings. The normalized spacial score (nSPS) is 19.5. The Hall–Kier alpha value is -1.60. The number of piperidine rings is 1. The highest BCUT2D eigenvalue weighted by Crippen LogP contribution is 2.17. The number of hydrazine groups is 1. The number of hydrogen-bond acceptors (Lipinski definition) is 3. The number of carbonyl (C=O) groups is 1. The molecule has 7 heteroatoms. The minimum absolute atomic E-state index is 0.547. The van der Waals surface area contributed by atoms with E-state index in [1.54, 1.807) is 0 Å². The van der Waals surface area contributed by atoms with Crippen molar-refractivity contribution in [3.63, 3.8) is 0 Å². The van der Waals surface area contributed by atoms with Crippen molar-refractivity contribution < 1.29 is 23.1 Å². The summed E-state index contributed by atoms with van der Waals surface area (Å²) in [7, 11) is 0. The van der Waals surface area contributed by atoms with Gasteiger partial charge < -0.3 is 5.11 Å². The molecule has 1 unspecified atom stereocenters. The van der Waals surface area contributed by atoms with Crippen LogP contribution in [-0.2, 0) is 11.2 Å². The second kappa shape index (κ2) is 7.99. The molecule has 21 heavy (non-hydrogen) atoms. The molecule has 0 aromatic heterocycles. The van der Waals surface area contributed by atoms with E-state index in [1.807, 2.05) is 5.01 Å². The van der Waals surface area contributed by atoms with Crippen molar-refractivity contribution in [1.29, 1.82) is 0 Å². The quantitative estimate of drug-likeness (QED) is 0.824. The molecule has 2 rings (SSSR count). The van der Waals surface area contributed by atoms with E-state index in [4.69, 9.17) is 15.7 Å². The van der Waals surface area contributed by atoms with Crippen molar-refractivity contribution in [2.45, 2.75) is 37.9 Å². The number of benzene rings is 1. The number of halogens is 3. The predicted molar refractivity (Wildman–Crippen MR) is 72.4 cm³/mol. The Kier molecular flexibility index (Phi) is 6.64. The van der Waals surface area contributed by atoms with Gasteiger partial charge in [-0.1, -0.05) is 36.8 Å². The number of aliphatic carboxylic acids is 1. The zero-order valence-electron chi connectivity index (χ0n) is 11.5. The summed E-state index contributed by atoms with van der Waals surface area (Å²) in [6.07, 6.45) is -0.171. The third kappa shape index (κ3) is 6.59. The van der Waals surface area contributed by atoms with Crippen molar-refractivity contribution in [2.75, 3.05) is 6.54 Å². The van der Waals surface area contributed by atoms with Gasteiger partial charge in [-0.3, -0.25) is 5.84 Å². The van der Waals surface area contributed by atoms with Gasteiger partial charge >= 0.3 is 12.1 Å². The van der Waals surface area contributed by atoms with Crippen LogP contribution in [0.25, 0.3) is 0 Å². The zero-order chi connectivity index (χ0) is 15.9. The van der Waals surface area contributed by atoms with E-state index in [9.17, 15) is 13.2 Å². The highest BCUT2D eigenvalue weighted by atomic mass is 19.4. The second-order valence-electron chi connectivity index (χ2n) is 4.88. The van der Waals surface area contributed by atoms with Crippen LogP contribution >= 0.6 is 0 Å². The lowest BCUT2D eigenvalue weighted by atomic mass is 9.97.